The molecule has 1 aromatic carbocycles. The van der Waals surface area contributed by atoms with Crippen LogP contribution in [0.3, 0.4) is 0 Å². The van der Waals surface area contributed by atoms with Gasteiger partial charge >= 0.3 is 5.97 Å². The lowest BCUT2D eigenvalue weighted by atomic mass is 9.73. The minimum absolute atomic E-state index is 0.0290. The van der Waals surface area contributed by atoms with Crippen LogP contribution in [0.2, 0.25) is 0 Å². The van der Waals surface area contributed by atoms with Crippen LogP contribution in [0.1, 0.15) is 43.7 Å². The Bertz CT molecular complexity index is 727. The summed E-state index contributed by atoms with van der Waals surface area (Å²) in [6, 6.07) is 8.60. The monoisotopic (exact) mass is 354 g/mol. The standard InChI is InChI=1S/C22H26O4/c1-14-6-8-15(9-7-14)20(23)26-19-21-24-13-18(25-21)12-22(19)10-16-4-2-3-5-17(16)11-22/h2-6,15,18-19,21H,7-13H2,1H3/t15?,18-,19+,21+/m0/s1. The van der Waals surface area contributed by atoms with E-state index in [-0.39, 0.29) is 29.5 Å². The lowest BCUT2D eigenvalue weighted by molar-refractivity contribution is -0.225. The van der Waals surface area contributed by atoms with E-state index in [2.05, 4.69) is 37.3 Å². The molecule has 0 amide bonds. The third kappa shape index (κ3) is 2.71. The number of hydrogen-bond donors (Lipinski definition) is 0. The van der Waals surface area contributed by atoms with Crippen LogP contribution in [0.25, 0.3) is 0 Å². The predicted octanol–water partition coefficient (Wildman–Crippen LogP) is 3.58. The summed E-state index contributed by atoms with van der Waals surface area (Å²) in [6.45, 7) is 2.75. The van der Waals surface area contributed by atoms with Crippen molar-refractivity contribution in [1.82, 2.24) is 0 Å². The molecule has 1 unspecified atom stereocenters. The molecule has 2 fully saturated rings. The fourth-order valence-electron chi connectivity index (χ4n) is 5.24. The Kier molecular flexibility index (Phi) is 3.94. The van der Waals surface area contributed by atoms with E-state index in [9.17, 15) is 4.79 Å². The molecular weight excluding hydrogens is 328 g/mol. The van der Waals surface area contributed by atoms with Crippen molar-refractivity contribution in [3.63, 3.8) is 0 Å². The summed E-state index contributed by atoms with van der Waals surface area (Å²) in [6.07, 6.45) is 7.05. The van der Waals surface area contributed by atoms with Crippen molar-refractivity contribution < 1.29 is 19.0 Å². The second-order valence-corrected chi connectivity index (χ2v) is 8.53. The van der Waals surface area contributed by atoms with Gasteiger partial charge in [0.25, 0.3) is 0 Å². The van der Waals surface area contributed by atoms with Crippen molar-refractivity contribution in [3.8, 4) is 0 Å². The van der Waals surface area contributed by atoms with Gasteiger partial charge < -0.3 is 14.2 Å². The molecule has 0 saturated carbocycles. The van der Waals surface area contributed by atoms with Gasteiger partial charge in [-0.2, -0.15) is 0 Å². The van der Waals surface area contributed by atoms with Gasteiger partial charge in [0.05, 0.1) is 18.6 Å². The van der Waals surface area contributed by atoms with Crippen molar-refractivity contribution in [2.75, 3.05) is 6.61 Å². The summed E-state index contributed by atoms with van der Waals surface area (Å²) in [7, 11) is 0. The number of hydrogen-bond acceptors (Lipinski definition) is 4. The molecule has 2 saturated heterocycles. The highest BCUT2D eigenvalue weighted by Crippen LogP contribution is 2.51. The molecule has 1 aromatic rings. The second-order valence-electron chi connectivity index (χ2n) is 8.53. The number of carbonyl (C=O) groups excluding carboxylic acids is 1. The highest BCUT2D eigenvalue weighted by molar-refractivity contribution is 5.73. The number of ether oxygens (including phenoxy) is 3. The zero-order valence-corrected chi connectivity index (χ0v) is 15.3. The van der Waals surface area contributed by atoms with E-state index >= 15 is 0 Å². The summed E-state index contributed by atoms with van der Waals surface area (Å²) >= 11 is 0. The predicted molar refractivity (Wildman–Crippen MR) is 96.5 cm³/mol. The van der Waals surface area contributed by atoms with Crippen LogP contribution in [0.5, 0.6) is 0 Å². The third-order valence-electron chi connectivity index (χ3n) is 6.68. The highest BCUT2D eigenvalue weighted by atomic mass is 16.7. The van der Waals surface area contributed by atoms with E-state index in [1.165, 1.54) is 16.7 Å². The van der Waals surface area contributed by atoms with Gasteiger partial charge in [0.2, 0.25) is 0 Å². The average molecular weight is 354 g/mol. The molecule has 138 valence electrons. The summed E-state index contributed by atoms with van der Waals surface area (Å²) in [4.78, 5) is 12.9. The molecule has 1 spiro atoms. The fraction of sp³-hybridized carbons (Fsp3) is 0.591. The van der Waals surface area contributed by atoms with Crippen molar-refractivity contribution in [3.05, 3.63) is 47.0 Å². The molecule has 4 heteroatoms. The summed E-state index contributed by atoms with van der Waals surface area (Å²) in [5.41, 5.74) is 4.06. The lowest BCUT2D eigenvalue weighted by Gasteiger charge is -2.43. The Hall–Kier alpha value is -1.65. The molecule has 2 bridgehead atoms. The molecule has 5 rings (SSSR count). The van der Waals surface area contributed by atoms with Gasteiger partial charge in [0, 0.05) is 5.41 Å². The van der Waals surface area contributed by atoms with E-state index in [4.69, 9.17) is 14.2 Å². The first-order chi connectivity index (χ1) is 12.6. The zero-order chi connectivity index (χ0) is 17.7. The summed E-state index contributed by atoms with van der Waals surface area (Å²) in [5.74, 6) is -0.106. The van der Waals surface area contributed by atoms with Crippen molar-refractivity contribution in [1.29, 1.82) is 0 Å². The van der Waals surface area contributed by atoms with Crippen molar-refractivity contribution in [2.24, 2.45) is 11.3 Å². The maximum Gasteiger partial charge on any atom is 0.309 e. The summed E-state index contributed by atoms with van der Waals surface area (Å²) in [5, 5.41) is 0. The van der Waals surface area contributed by atoms with Crippen LogP contribution in [0.15, 0.2) is 35.9 Å². The molecule has 0 N–H and O–H groups in total. The molecule has 4 aliphatic rings. The average Bonchev–Trinajstić information content (AvgIpc) is 3.21. The van der Waals surface area contributed by atoms with Gasteiger partial charge in [0.1, 0.15) is 0 Å². The SMILES string of the molecule is CC1=CCC(C(=O)O[C@@H]2[C@@H]3OC[C@H](CC24Cc2ccccc2C4)O3)CC1. The topological polar surface area (TPSA) is 44.8 Å². The van der Waals surface area contributed by atoms with Gasteiger partial charge in [-0.25, -0.2) is 0 Å². The maximum atomic E-state index is 12.9. The van der Waals surface area contributed by atoms with E-state index in [1.54, 1.807) is 0 Å². The number of allylic oxidation sites excluding steroid dienone is 2. The first-order valence-corrected chi connectivity index (χ1v) is 9.83. The Morgan fingerprint density at radius 3 is 2.69 bits per heavy atom. The number of benzene rings is 1. The van der Waals surface area contributed by atoms with Crippen LogP contribution in [0, 0.1) is 11.3 Å². The number of esters is 1. The van der Waals surface area contributed by atoms with Gasteiger partial charge in [-0.3, -0.25) is 4.79 Å². The molecule has 2 heterocycles. The van der Waals surface area contributed by atoms with Crippen molar-refractivity contribution >= 4 is 5.97 Å². The number of rotatable bonds is 2. The van der Waals surface area contributed by atoms with Crippen LogP contribution in [-0.2, 0) is 31.8 Å². The first kappa shape index (κ1) is 16.5. The lowest BCUT2D eigenvalue weighted by Crippen LogP contribution is -2.52. The molecule has 0 radical (unpaired) electrons. The molecule has 2 aliphatic heterocycles. The van der Waals surface area contributed by atoms with Crippen LogP contribution in [0.4, 0.5) is 0 Å². The summed E-state index contributed by atoms with van der Waals surface area (Å²) < 4.78 is 18.0. The number of carbonyl (C=O) groups is 1. The van der Waals surface area contributed by atoms with E-state index in [0.717, 1.165) is 38.5 Å². The van der Waals surface area contributed by atoms with Gasteiger partial charge in [-0.1, -0.05) is 35.9 Å². The van der Waals surface area contributed by atoms with Crippen LogP contribution < -0.4 is 0 Å². The molecule has 26 heavy (non-hydrogen) atoms. The quantitative estimate of drug-likeness (QED) is 0.602. The molecule has 4 nitrogen and oxygen atoms in total. The Balaban J connectivity index is 1.39. The first-order valence-electron chi connectivity index (χ1n) is 9.83. The largest absolute Gasteiger partial charge is 0.456 e. The van der Waals surface area contributed by atoms with E-state index in [1.807, 2.05) is 0 Å². The third-order valence-corrected chi connectivity index (χ3v) is 6.68. The van der Waals surface area contributed by atoms with E-state index < -0.39 is 6.29 Å². The minimum Gasteiger partial charge on any atom is -0.456 e. The normalized spacial score (nSPS) is 34.4. The molecule has 4 atom stereocenters. The Labute approximate surface area is 154 Å². The van der Waals surface area contributed by atoms with Gasteiger partial charge in [0.15, 0.2) is 12.4 Å². The highest BCUT2D eigenvalue weighted by Gasteiger charge is 2.57. The maximum absolute atomic E-state index is 12.9. The Morgan fingerprint density at radius 1 is 1.23 bits per heavy atom. The van der Waals surface area contributed by atoms with Gasteiger partial charge in [-0.05, 0) is 56.6 Å². The van der Waals surface area contributed by atoms with Gasteiger partial charge in [-0.15, -0.1) is 0 Å². The van der Waals surface area contributed by atoms with Crippen LogP contribution in [-0.4, -0.2) is 31.1 Å². The zero-order valence-electron chi connectivity index (χ0n) is 15.3. The van der Waals surface area contributed by atoms with E-state index in [0.29, 0.717) is 6.61 Å². The fourth-order valence-corrected chi connectivity index (χ4v) is 5.24. The smallest absolute Gasteiger partial charge is 0.309 e. The van der Waals surface area contributed by atoms with Crippen molar-refractivity contribution in [2.45, 2.75) is 63.9 Å². The molecule has 2 aliphatic carbocycles. The molecule has 0 aromatic heterocycles. The second kappa shape index (κ2) is 6.21. The van der Waals surface area contributed by atoms with Crippen LogP contribution >= 0.6 is 0 Å². The number of fused-ring (bicyclic) bond motifs is 3. The Morgan fingerprint density at radius 2 is 2.00 bits per heavy atom. The molecular formula is C22H26O4. The minimum atomic E-state index is -0.409.